The standard InChI is InChI=1S/C11H14ClN3S2/c1-6(5-16-3)13-9-8-4-7(2)17-10(8)15-11(12)14-9/h4,6H,5H2,1-3H3,(H,13,14,15). The normalized spacial score (nSPS) is 12.9. The minimum Gasteiger partial charge on any atom is -0.366 e. The first-order chi connectivity index (χ1) is 8.10. The number of anilines is 1. The topological polar surface area (TPSA) is 37.8 Å². The van der Waals surface area contributed by atoms with Crippen molar-refractivity contribution in [2.45, 2.75) is 19.9 Å². The monoisotopic (exact) mass is 287 g/mol. The molecule has 0 spiro atoms. The van der Waals surface area contributed by atoms with Gasteiger partial charge in [-0.25, -0.2) is 9.97 Å². The predicted octanol–water partition coefficient (Wildman–Crippen LogP) is 3.82. The fourth-order valence-corrected chi connectivity index (χ4v) is 3.33. The van der Waals surface area contributed by atoms with Gasteiger partial charge in [0.1, 0.15) is 10.6 Å². The van der Waals surface area contributed by atoms with Crippen molar-refractivity contribution in [2.24, 2.45) is 0 Å². The molecular formula is C11H14ClN3S2. The molecule has 1 unspecified atom stereocenters. The van der Waals surface area contributed by atoms with Crippen LogP contribution in [0.4, 0.5) is 5.82 Å². The van der Waals surface area contributed by atoms with E-state index in [9.17, 15) is 0 Å². The van der Waals surface area contributed by atoms with Crippen LogP contribution in [0.5, 0.6) is 0 Å². The second-order valence-corrected chi connectivity index (χ2v) is 6.40. The number of thioether (sulfide) groups is 1. The maximum absolute atomic E-state index is 5.93. The minimum absolute atomic E-state index is 0.304. The van der Waals surface area contributed by atoms with Crippen LogP contribution in [0.2, 0.25) is 5.28 Å². The van der Waals surface area contributed by atoms with Crippen molar-refractivity contribution >= 4 is 50.7 Å². The third kappa shape index (κ3) is 3.03. The van der Waals surface area contributed by atoms with E-state index < -0.39 is 0 Å². The zero-order valence-electron chi connectivity index (χ0n) is 9.95. The summed E-state index contributed by atoms with van der Waals surface area (Å²) in [5, 5.41) is 4.75. The van der Waals surface area contributed by atoms with E-state index in [2.05, 4.69) is 41.5 Å². The first-order valence-corrected chi connectivity index (χ1v) is 7.88. The van der Waals surface area contributed by atoms with Crippen molar-refractivity contribution < 1.29 is 0 Å². The van der Waals surface area contributed by atoms with Gasteiger partial charge in [-0.3, -0.25) is 0 Å². The van der Waals surface area contributed by atoms with E-state index in [1.54, 1.807) is 11.3 Å². The Kier molecular flexibility index (Phi) is 4.12. The molecule has 1 N–H and O–H groups in total. The van der Waals surface area contributed by atoms with E-state index in [0.29, 0.717) is 11.3 Å². The van der Waals surface area contributed by atoms with Crippen LogP contribution >= 0.6 is 34.7 Å². The van der Waals surface area contributed by atoms with E-state index in [1.807, 2.05) is 11.8 Å². The molecule has 0 radical (unpaired) electrons. The number of aryl methyl sites for hydroxylation is 1. The number of fused-ring (bicyclic) bond motifs is 1. The lowest BCUT2D eigenvalue weighted by Crippen LogP contribution is -2.18. The fourth-order valence-electron chi connectivity index (χ4n) is 1.65. The second kappa shape index (κ2) is 5.42. The number of hydrogen-bond acceptors (Lipinski definition) is 5. The van der Waals surface area contributed by atoms with E-state index in [-0.39, 0.29) is 0 Å². The molecule has 2 aromatic rings. The maximum atomic E-state index is 5.93. The molecule has 2 aromatic heterocycles. The SMILES string of the molecule is CSCC(C)Nc1nc(Cl)nc2sc(C)cc12. The van der Waals surface area contributed by atoms with Crippen LogP contribution in [0.15, 0.2) is 6.07 Å². The quantitative estimate of drug-likeness (QED) is 0.868. The molecular weight excluding hydrogens is 274 g/mol. The summed E-state index contributed by atoms with van der Waals surface area (Å²) >= 11 is 9.38. The van der Waals surface area contributed by atoms with E-state index in [4.69, 9.17) is 11.6 Å². The van der Waals surface area contributed by atoms with Gasteiger partial charge in [-0.05, 0) is 37.8 Å². The highest BCUT2D eigenvalue weighted by atomic mass is 35.5. The van der Waals surface area contributed by atoms with Crippen LogP contribution in [0.1, 0.15) is 11.8 Å². The van der Waals surface area contributed by atoms with Crippen LogP contribution in [0.25, 0.3) is 10.2 Å². The lowest BCUT2D eigenvalue weighted by Gasteiger charge is -2.13. The van der Waals surface area contributed by atoms with Crippen LogP contribution < -0.4 is 5.32 Å². The minimum atomic E-state index is 0.304. The van der Waals surface area contributed by atoms with Crippen molar-refractivity contribution in [1.29, 1.82) is 0 Å². The fraction of sp³-hybridized carbons (Fsp3) is 0.455. The largest absolute Gasteiger partial charge is 0.366 e. The maximum Gasteiger partial charge on any atom is 0.225 e. The van der Waals surface area contributed by atoms with Crippen LogP contribution in [0.3, 0.4) is 0 Å². The molecule has 0 aromatic carbocycles. The molecule has 0 aliphatic carbocycles. The van der Waals surface area contributed by atoms with Crippen LogP contribution in [-0.4, -0.2) is 28.0 Å². The van der Waals surface area contributed by atoms with Crippen molar-refractivity contribution in [2.75, 3.05) is 17.3 Å². The van der Waals surface area contributed by atoms with E-state index >= 15 is 0 Å². The molecule has 0 saturated heterocycles. The smallest absolute Gasteiger partial charge is 0.225 e. The highest BCUT2D eigenvalue weighted by Gasteiger charge is 2.11. The molecule has 0 fully saturated rings. The third-order valence-corrected chi connectivity index (χ3v) is 4.24. The van der Waals surface area contributed by atoms with Crippen molar-refractivity contribution in [3.63, 3.8) is 0 Å². The highest BCUT2D eigenvalue weighted by Crippen LogP contribution is 2.29. The van der Waals surface area contributed by atoms with Gasteiger partial charge in [-0.1, -0.05) is 0 Å². The number of aromatic nitrogens is 2. The molecule has 2 heterocycles. The summed E-state index contributed by atoms with van der Waals surface area (Å²) in [6.07, 6.45) is 2.09. The van der Waals surface area contributed by atoms with Crippen molar-refractivity contribution in [1.82, 2.24) is 9.97 Å². The summed E-state index contributed by atoms with van der Waals surface area (Å²) < 4.78 is 0. The Balaban J connectivity index is 2.37. The molecule has 0 aliphatic rings. The van der Waals surface area contributed by atoms with Gasteiger partial charge in [0.25, 0.3) is 0 Å². The summed E-state index contributed by atoms with van der Waals surface area (Å²) in [4.78, 5) is 10.7. The molecule has 1 atom stereocenters. The number of thiophene rings is 1. The Morgan fingerprint density at radius 3 is 3.00 bits per heavy atom. The molecule has 0 aliphatic heterocycles. The Morgan fingerprint density at radius 1 is 1.53 bits per heavy atom. The van der Waals surface area contributed by atoms with Gasteiger partial charge in [-0.15, -0.1) is 11.3 Å². The molecule has 0 bridgehead atoms. The summed E-state index contributed by atoms with van der Waals surface area (Å²) in [6, 6.07) is 2.46. The number of nitrogens with one attached hydrogen (secondary N) is 1. The van der Waals surface area contributed by atoms with E-state index in [1.165, 1.54) is 4.88 Å². The van der Waals surface area contributed by atoms with Gasteiger partial charge in [-0.2, -0.15) is 11.8 Å². The van der Waals surface area contributed by atoms with Gasteiger partial charge in [0.15, 0.2) is 0 Å². The lowest BCUT2D eigenvalue weighted by atomic mass is 10.3. The lowest BCUT2D eigenvalue weighted by molar-refractivity contribution is 0.904. The molecule has 3 nitrogen and oxygen atoms in total. The molecule has 0 saturated carbocycles. The summed E-state index contributed by atoms with van der Waals surface area (Å²) in [7, 11) is 0. The number of rotatable bonds is 4. The Hall–Kier alpha value is -0.520. The number of hydrogen-bond donors (Lipinski definition) is 1. The van der Waals surface area contributed by atoms with Crippen molar-refractivity contribution in [3.05, 3.63) is 16.2 Å². The highest BCUT2D eigenvalue weighted by molar-refractivity contribution is 7.98. The summed E-state index contributed by atoms with van der Waals surface area (Å²) in [5.41, 5.74) is 0. The zero-order chi connectivity index (χ0) is 12.4. The van der Waals surface area contributed by atoms with Gasteiger partial charge in [0.05, 0.1) is 5.39 Å². The van der Waals surface area contributed by atoms with Crippen molar-refractivity contribution in [3.8, 4) is 0 Å². The number of nitrogens with zero attached hydrogens (tertiary/aromatic N) is 2. The molecule has 2 rings (SSSR count). The average Bonchev–Trinajstić information content (AvgIpc) is 2.58. The zero-order valence-corrected chi connectivity index (χ0v) is 12.3. The first-order valence-electron chi connectivity index (χ1n) is 5.29. The van der Waals surface area contributed by atoms with E-state index in [0.717, 1.165) is 21.8 Å². The number of halogens is 1. The first kappa shape index (κ1) is 12.9. The third-order valence-electron chi connectivity index (χ3n) is 2.29. The molecule has 6 heteroatoms. The predicted molar refractivity (Wildman–Crippen MR) is 78.6 cm³/mol. The summed E-state index contributed by atoms with van der Waals surface area (Å²) in [5.74, 6) is 1.87. The van der Waals surface area contributed by atoms with Gasteiger partial charge < -0.3 is 5.32 Å². The van der Waals surface area contributed by atoms with Crippen LogP contribution in [0, 0.1) is 6.92 Å². The van der Waals surface area contributed by atoms with Gasteiger partial charge in [0.2, 0.25) is 5.28 Å². The Bertz CT molecular complexity index is 527. The van der Waals surface area contributed by atoms with Gasteiger partial charge in [0, 0.05) is 16.7 Å². The Labute approximate surface area is 114 Å². The Morgan fingerprint density at radius 2 is 2.29 bits per heavy atom. The van der Waals surface area contributed by atoms with Gasteiger partial charge >= 0.3 is 0 Å². The summed E-state index contributed by atoms with van der Waals surface area (Å²) in [6.45, 7) is 4.20. The van der Waals surface area contributed by atoms with Crippen LogP contribution in [-0.2, 0) is 0 Å². The average molecular weight is 288 g/mol. The molecule has 92 valence electrons. The second-order valence-electron chi connectivity index (χ2n) is 3.92. The molecule has 17 heavy (non-hydrogen) atoms. The molecule has 0 amide bonds.